The van der Waals surface area contributed by atoms with Crippen molar-refractivity contribution in [2.45, 2.75) is 19.3 Å². The Morgan fingerprint density at radius 1 is 0.436 bits per heavy atom. The van der Waals surface area contributed by atoms with E-state index in [0.717, 1.165) is 0 Å². The molecule has 0 N–H and O–H groups in total. The van der Waals surface area contributed by atoms with Crippen molar-refractivity contribution < 1.29 is 0 Å². The van der Waals surface area contributed by atoms with Crippen LogP contribution in [0, 0.1) is 0 Å². The SMILES string of the molecule is C=C/C=C\C1=Cc2ccc(-c3ccc4c(-c5ccc(-c6ccccc6)cc5)c5ccccc5c(-c5cc6ccccc6c6ccccc56)c4c3)cc2C1(C)C. The molecule has 0 radical (unpaired) electrons. The van der Waals surface area contributed by atoms with Gasteiger partial charge in [-0.1, -0.05) is 196 Å². The zero-order chi connectivity index (χ0) is 37.1. The van der Waals surface area contributed by atoms with Crippen LogP contribution < -0.4 is 0 Å². The summed E-state index contributed by atoms with van der Waals surface area (Å²) in [7, 11) is 0. The maximum atomic E-state index is 3.90. The monoisotopic (exact) mass is 700 g/mol. The minimum atomic E-state index is -0.105. The van der Waals surface area contributed by atoms with Gasteiger partial charge < -0.3 is 0 Å². The lowest BCUT2D eigenvalue weighted by molar-refractivity contribution is 0.655. The van der Waals surface area contributed by atoms with Crippen molar-refractivity contribution in [1.29, 1.82) is 0 Å². The molecule has 9 aromatic carbocycles. The third kappa shape index (κ3) is 5.37. The van der Waals surface area contributed by atoms with E-state index in [2.05, 4.69) is 202 Å². The van der Waals surface area contributed by atoms with E-state index in [-0.39, 0.29) is 5.41 Å². The summed E-state index contributed by atoms with van der Waals surface area (Å²) < 4.78 is 0. The van der Waals surface area contributed by atoms with Crippen LogP contribution in [0.4, 0.5) is 0 Å². The second kappa shape index (κ2) is 13.0. The second-order valence-corrected chi connectivity index (χ2v) is 15.3. The highest BCUT2D eigenvalue weighted by molar-refractivity contribution is 6.26. The van der Waals surface area contributed by atoms with E-state index in [0.29, 0.717) is 0 Å². The first-order valence-corrected chi connectivity index (χ1v) is 19.2. The Bertz CT molecular complexity index is 3040. The summed E-state index contributed by atoms with van der Waals surface area (Å²) in [5, 5.41) is 10.1. The largest absolute Gasteiger partial charge is 0.0991 e. The average Bonchev–Trinajstić information content (AvgIpc) is 3.50. The molecule has 0 nitrogen and oxygen atoms in total. The molecule has 260 valence electrons. The Morgan fingerprint density at radius 3 is 1.76 bits per heavy atom. The van der Waals surface area contributed by atoms with E-state index in [1.165, 1.54) is 104 Å². The standard InChI is InChI=1S/C55H40/c1-4-5-18-43-32-42-29-28-40(35-52(42)55(43,2)3)39-30-31-49-51(33-39)54(50-34-41-17-9-10-19-44(41)45-20-11-12-21-46(45)50)48-23-14-13-22-47(48)53(49)38-26-24-37(25-27-38)36-15-7-6-8-16-36/h4-35H,1H2,2-3H3/b18-5-. The molecule has 0 aliphatic heterocycles. The van der Waals surface area contributed by atoms with Crippen molar-refractivity contribution in [3.05, 3.63) is 211 Å². The van der Waals surface area contributed by atoms with Gasteiger partial charge in [-0.05, 0) is 122 Å². The molecular weight excluding hydrogens is 661 g/mol. The van der Waals surface area contributed by atoms with E-state index in [4.69, 9.17) is 0 Å². The van der Waals surface area contributed by atoms with Crippen molar-refractivity contribution in [3.8, 4) is 44.5 Å². The Labute approximate surface area is 323 Å². The highest BCUT2D eigenvalue weighted by Gasteiger charge is 2.31. The van der Waals surface area contributed by atoms with Crippen LogP contribution in [0.15, 0.2) is 200 Å². The number of benzene rings is 9. The fourth-order valence-corrected chi connectivity index (χ4v) is 9.01. The molecule has 55 heavy (non-hydrogen) atoms. The fraction of sp³-hybridized carbons (Fsp3) is 0.0545. The molecule has 0 unspecified atom stereocenters. The molecule has 1 aliphatic carbocycles. The van der Waals surface area contributed by atoms with E-state index in [1.807, 2.05) is 12.2 Å². The van der Waals surface area contributed by atoms with Gasteiger partial charge in [-0.15, -0.1) is 0 Å². The van der Waals surface area contributed by atoms with Crippen LogP contribution >= 0.6 is 0 Å². The molecule has 0 heteroatoms. The van der Waals surface area contributed by atoms with Crippen LogP contribution in [0.25, 0.3) is 93.7 Å². The first-order chi connectivity index (χ1) is 27.0. The van der Waals surface area contributed by atoms with Crippen LogP contribution in [0.3, 0.4) is 0 Å². The maximum absolute atomic E-state index is 3.90. The molecule has 1 aliphatic rings. The average molecular weight is 701 g/mol. The van der Waals surface area contributed by atoms with Gasteiger partial charge in [0.1, 0.15) is 0 Å². The van der Waals surface area contributed by atoms with Crippen LogP contribution in [-0.2, 0) is 5.41 Å². The van der Waals surface area contributed by atoms with E-state index >= 15 is 0 Å². The quantitative estimate of drug-likeness (QED) is 0.0920. The summed E-state index contributed by atoms with van der Waals surface area (Å²) in [6.07, 6.45) is 8.41. The minimum absolute atomic E-state index is 0.105. The van der Waals surface area contributed by atoms with Crippen LogP contribution in [0.2, 0.25) is 0 Å². The van der Waals surface area contributed by atoms with Crippen LogP contribution in [-0.4, -0.2) is 0 Å². The molecule has 9 aromatic rings. The van der Waals surface area contributed by atoms with E-state index in [9.17, 15) is 0 Å². The first-order valence-electron chi connectivity index (χ1n) is 19.2. The molecule has 0 saturated heterocycles. The van der Waals surface area contributed by atoms with Crippen LogP contribution in [0.5, 0.6) is 0 Å². The molecule has 0 bridgehead atoms. The molecule has 0 spiro atoms. The summed E-state index contributed by atoms with van der Waals surface area (Å²) >= 11 is 0. The molecule has 0 heterocycles. The summed E-state index contributed by atoms with van der Waals surface area (Å²) in [5.41, 5.74) is 13.7. The van der Waals surface area contributed by atoms with E-state index < -0.39 is 0 Å². The lowest BCUT2D eigenvalue weighted by Crippen LogP contribution is -2.16. The number of fused-ring (bicyclic) bond motifs is 6. The van der Waals surface area contributed by atoms with Crippen molar-refractivity contribution in [2.24, 2.45) is 0 Å². The lowest BCUT2D eigenvalue weighted by Gasteiger charge is -2.24. The highest BCUT2D eigenvalue weighted by Crippen LogP contribution is 2.49. The van der Waals surface area contributed by atoms with Gasteiger partial charge >= 0.3 is 0 Å². The first kappa shape index (κ1) is 32.9. The molecule has 0 saturated carbocycles. The summed E-state index contributed by atoms with van der Waals surface area (Å²) in [6, 6.07) is 63.1. The fourth-order valence-electron chi connectivity index (χ4n) is 9.01. The molecule has 0 aromatic heterocycles. The Balaban J connectivity index is 1.26. The Kier molecular flexibility index (Phi) is 7.75. The van der Waals surface area contributed by atoms with Gasteiger partial charge in [-0.3, -0.25) is 0 Å². The number of hydrogen-bond donors (Lipinski definition) is 0. The zero-order valence-corrected chi connectivity index (χ0v) is 31.2. The number of allylic oxidation sites excluding steroid dienone is 4. The third-order valence-electron chi connectivity index (χ3n) is 11.8. The Hall–Kier alpha value is -6.76. The normalized spacial score (nSPS) is 13.5. The van der Waals surface area contributed by atoms with E-state index in [1.54, 1.807) is 0 Å². The predicted octanol–water partition coefficient (Wildman–Crippen LogP) is 15.4. The highest BCUT2D eigenvalue weighted by atomic mass is 14.3. The van der Waals surface area contributed by atoms with Gasteiger partial charge in [-0.25, -0.2) is 0 Å². The van der Waals surface area contributed by atoms with Crippen molar-refractivity contribution in [3.63, 3.8) is 0 Å². The van der Waals surface area contributed by atoms with Gasteiger partial charge in [0.25, 0.3) is 0 Å². The summed E-state index contributed by atoms with van der Waals surface area (Å²) in [5.74, 6) is 0. The summed E-state index contributed by atoms with van der Waals surface area (Å²) in [6.45, 7) is 8.56. The minimum Gasteiger partial charge on any atom is -0.0991 e. The van der Waals surface area contributed by atoms with Crippen molar-refractivity contribution in [1.82, 2.24) is 0 Å². The molecule has 0 fully saturated rings. The third-order valence-corrected chi connectivity index (χ3v) is 11.8. The number of hydrogen-bond acceptors (Lipinski definition) is 0. The topological polar surface area (TPSA) is 0 Å². The van der Waals surface area contributed by atoms with Crippen molar-refractivity contribution in [2.75, 3.05) is 0 Å². The van der Waals surface area contributed by atoms with Crippen molar-refractivity contribution >= 4 is 49.2 Å². The zero-order valence-electron chi connectivity index (χ0n) is 31.2. The molecule has 0 amide bonds. The van der Waals surface area contributed by atoms with Crippen LogP contribution in [0.1, 0.15) is 25.0 Å². The molecule has 10 rings (SSSR count). The number of rotatable bonds is 6. The lowest BCUT2D eigenvalue weighted by atomic mass is 9.80. The second-order valence-electron chi connectivity index (χ2n) is 15.3. The van der Waals surface area contributed by atoms with Gasteiger partial charge in [-0.2, -0.15) is 0 Å². The summed E-state index contributed by atoms with van der Waals surface area (Å²) in [4.78, 5) is 0. The Morgan fingerprint density at radius 2 is 1.00 bits per heavy atom. The molecule has 0 atom stereocenters. The smallest absolute Gasteiger partial charge is 0.0152 e. The van der Waals surface area contributed by atoms with Gasteiger partial charge in [0.2, 0.25) is 0 Å². The van der Waals surface area contributed by atoms with Gasteiger partial charge in [0.15, 0.2) is 0 Å². The van der Waals surface area contributed by atoms with Gasteiger partial charge in [0.05, 0.1) is 0 Å². The maximum Gasteiger partial charge on any atom is 0.0152 e. The predicted molar refractivity (Wildman–Crippen MR) is 239 cm³/mol. The molecular formula is C55H40. The van der Waals surface area contributed by atoms with Gasteiger partial charge in [0, 0.05) is 5.41 Å².